The summed E-state index contributed by atoms with van der Waals surface area (Å²) >= 11 is 0. The van der Waals surface area contributed by atoms with E-state index in [9.17, 15) is 9.59 Å². The fourth-order valence-corrected chi connectivity index (χ4v) is 0.892. The molecule has 0 aliphatic heterocycles. The molecule has 0 aromatic heterocycles. The topological polar surface area (TPSA) is 104 Å². The number of carboxylic acids is 1. The van der Waals surface area contributed by atoms with Crippen LogP contribution in [-0.2, 0) is 4.79 Å². The number of carbonyl (C=O) groups excluding carboxylic acids is 1. The fraction of sp³-hybridized carbons (Fsp3) is 0.750. The number of nitrogens with one attached hydrogen (secondary N) is 2. The van der Waals surface area contributed by atoms with E-state index in [4.69, 9.17) is 10.8 Å². The van der Waals surface area contributed by atoms with Gasteiger partial charge in [-0.15, -0.1) is 0 Å². The molecule has 0 saturated heterocycles. The predicted octanol–water partition coefficient (Wildman–Crippen LogP) is -0.646. The number of carboxylic acid groups (broad SMARTS) is 1. The van der Waals surface area contributed by atoms with Crippen molar-refractivity contribution in [3.05, 3.63) is 0 Å². The van der Waals surface area contributed by atoms with Gasteiger partial charge < -0.3 is 21.5 Å². The third-order valence-electron chi connectivity index (χ3n) is 1.65. The SMILES string of the molecule is CC(C)C(NC(=O)NCCN)C(=O)O. The lowest BCUT2D eigenvalue weighted by Crippen LogP contribution is -2.49. The van der Waals surface area contributed by atoms with E-state index in [1.807, 2.05) is 0 Å². The Balaban J connectivity index is 4.04. The zero-order valence-electron chi connectivity index (χ0n) is 8.41. The molecular weight excluding hydrogens is 186 g/mol. The van der Waals surface area contributed by atoms with Gasteiger partial charge in [-0.1, -0.05) is 13.8 Å². The molecule has 0 aliphatic carbocycles. The van der Waals surface area contributed by atoms with Gasteiger partial charge in [0, 0.05) is 13.1 Å². The number of urea groups is 1. The fourth-order valence-electron chi connectivity index (χ4n) is 0.892. The highest BCUT2D eigenvalue weighted by Crippen LogP contribution is 2.00. The Kier molecular flexibility index (Phi) is 5.62. The maximum Gasteiger partial charge on any atom is 0.326 e. The van der Waals surface area contributed by atoms with Gasteiger partial charge in [0.1, 0.15) is 6.04 Å². The van der Waals surface area contributed by atoms with Crippen molar-refractivity contribution >= 4 is 12.0 Å². The Bertz CT molecular complexity index is 206. The van der Waals surface area contributed by atoms with Crippen LogP contribution in [0.5, 0.6) is 0 Å². The molecule has 6 nitrogen and oxygen atoms in total. The van der Waals surface area contributed by atoms with Crippen LogP contribution in [0, 0.1) is 5.92 Å². The Morgan fingerprint density at radius 3 is 2.36 bits per heavy atom. The highest BCUT2D eigenvalue weighted by molar-refractivity contribution is 5.82. The van der Waals surface area contributed by atoms with Crippen molar-refractivity contribution in [2.24, 2.45) is 11.7 Å². The Labute approximate surface area is 82.9 Å². The van der Waals surface area contributed by atoms with Crippen LogP contribution in [0.1, 0.15) is 13.8 Å². The smallest absolute Gasteiger partial charge is 0.326 e. The Hall–Kier alpha value is -1.30. The van der Waals surface area contributed by atoms with Crippen molar-refractivity contribution in [1.82, 2.24) is 10.6 Å². The zero-order chi connectivity index (χ0) is 11.1. The molecule has 0 spiro atoms. The molecule has 0 heterocycles. The lowest BCUT2D eigenvalue weighted by Gasteiger charge is -2.17. The van der Waals surface area contributed by atoms with E-state index < -0.39 is 18.0 Å². The van der Waals surface area contributed by atoms with E-state index in [2.05, 4.69) is 10.6 Å². The van der Waals surface area contributed by atoms with Gasteiger partial charge in [-0.3, -0.25) is 0 Å². The standard InChI is InChI=1S/C8H17N3O3/c1-5(2)6(7(12)13)11-8(14)10-4-3-9/h5-6H,3-4,9H2,1-2H3,(H,12,13)(H2,10,11,14). The number of rotatable bonds is 5. The van der Waals surface area contributed by atoms with Crippen molar-refractivity contribution in [2.45, 2.75) is 19.9 Å². The molecule has 1 unspecified atom stereocenters. The van der Waals surface area contributed by atoms with Gasteiger partial charge in [0.05, 0.1) is 0 Å². The van der Waals surface area contributed by atoms with Crippen molar-refractivity contribution in [3.8, 4) is 0 Å². The second-order valence-corrected chi connectivity index (χ2v) is 3.25. The minimum Gasteiger partial charge on any atom is -0.480 e. The number of nitrogens with two attached hydrogens (primary N) is 1. The monoisotopic (exact) mass is 203 g/mol. The third-order valence-corrected chi connectivity index (χ3v) is 1.65. The van der Waals surface area contributed by atoms with Crippen LogP contribution in [0.3, 0.4) is 0 Å². The molecule has 0 aliphatic rings. The van der Waals surface area contributed by atoms with Crippen LogP contribution in [0.15, 0.2) is 0 Å². The first kappa shape index (κ1) is 12.7. The van der Waals surface area contributed by atoms with Gasteiger partial charge >= 0.3 is 12.0 Å². The first-order valence-electron chi connectivity index (χ1n) is 4.46. The van der Waals surface area contributed by atoms with Crippen LogP contribution in [0.2, 0.25) is 0 Å². The number of hydrogen-bond donors (Lipinski definition) is 4. The summed E-state index contributed by atoms with van der Waals surface area (Å²) in [5.74, 6) is -1.20. The molecule has 0 bridgehead atoms. The lowest BCUT2D eigenvalue weighted by atomic mass is 10.1. The molecule has 0 fully saturated rings. The van der Waals surface area contributed by atoms with Crippen molar-refractivity contribution in [2.75, 3.05) is 13.1 Å². The molecule has 6 heteroatoms. The molecule has 2 amide bonds. The van der Waals surface area contributed by atoms with Gasteiger partial charge in [0.15, 0.2) is 0 Å². The van der Waals surface area contributed by atoms with E-state index in [-0.39, 0.29) is 5.92 Å². The normalized spacial score (nSPS) is 12.3. The molecule has 0 rings (SSSR count). The molecular formula is C8H17N3O3. The van der Waals surface area contributed by atoms with E-state index in [0.717, 1.165) is 0 Å². The maximum absolute atomic E-state index is 11.1. The molecule has 0 aromatic rings. The summed E-state index contributed by atoms with van der Waals surface area (Å²) in [5.41, 5.74) is 5.17. The van der Waals surface area contributed by atoms with Gasteiger partial charge in [0.25, 0.3) is 0 Å². The van der Waals surface area contributed by atoms with E-state index in [0.29, 0.717) is 13.1 Å². The second kappa shape index (κ2) is 6.20. The summed E-state index contributed by atoms with van der Waals surface area (Å²) < 4.78 is 0. The van der Waals surface area contributed by atoms with Crippen LogP contribution >= 0.6 is 0 Å². The van der Waals surface area contributed by atoms with Crippen LogP contribution in [-0.4, -0.2) is 36.2 Å². The van der Waals surface area contributed by atoms with Crippen LogP contribution < -0.4 is 16.4 Å². The van der Waals surface area contributed by atoms with Gasteiger partial charge in [0.2, 0.25) is 0 Å². The molecule has 0 radical (unpaired) electrons. The van der Waals surface area contributed by atoms with Crippen LogP contribution in [0.25, 0.3) is 0 Å². The highest BCUT2D eigenvalue weighted by Gasteiger charge is 2.22. The van der Waals surface area contributed by atoms with Crippen LogP contribution in [0.4, 0.5) is 4.79 Å². The summed E-state index contributed by atoms with van der Waals surface area (Å²) in [7, 11) is 0. The summed E-state index contributed by atoms with van der Waals surface area (Å²) in [6, 6.07) is -1.37. The number of carbonyl (C=O) groups is 2. The summed E-state index contributed by atoms with van der Waals surface area (Å²) in [6.07, 6.45) is 0. The Morgan fingerprint density at radius 1 is 1.43 bits per heavy atom. The van der Waals surface area contributed by atoms with E-state index in [1.165, 1.54) is 0 Å². The molecule has 0 saturated carbocycles. The molecule has 82 valence electrons. The van der Waals surface area contributed by atoms with E-state index in [1.54, 1.807) is 13.8 Å². The third kappa shape index (κ3) is 4.66. The van der Waals surface area contributed by atoms with Gasteiger partial charge in [-0.25, -0.2) is 9.59 Å². The number of aliphatic carboxylic acids is 1. The van der Waals surface area contributed by atoms with E-state index >= 15 is 0 Å². The molecule has 14 heavy (non-hydrogen) atoms. The average molecular weight is 203 g/mol. The minimum absolute atomic E-state index is 0.156. The average Bonchev–Trinajstić information content (AvgIpc) is 2.09. The highest BCUT2D eigenvalue weighted by atomic mass is 16.4. The minimum atomic E-state index is -1.04. The van der Waals surface area contributed by atoms with Gasteiger partial charge in [-0.2, -0.15) is 0 Å². The first-order chi connectivity index (χ1) is 6.49. The second-order valence-electron chi connectivity index (χ2n) is 3.25. The zero-order valence-corrected chi connectivity index (χ0v) is 8.41. The quantitative estimate of drug-likeness (QED) is 0.476. The number of hydrogen-bond acceptors (Lipinski definition) is 3. The van der Waals surface area contributed by atoms with Crippen molar-refractivity contribution in [1.29, 1.82) is 0 Å². The largest absolute Gasteiger partial charge is 0.480 e. The Morgan fingerprint density at radius 2 is 2.00 bits per heavy atom. The lowest BCUT2D eigenvalue weighted by molar-refractivity contribution is -0.140. The maximum atomic E-state index is 11.1. The summed E-state index contributed by atoms with van der Waals surface area (Å²) in [6.45, 7) is 4.10. The molecule has 0 aromatic carbocycles. The first-order valence-corrected chi connectivity index (χ1v) is 4.46. The molecule has 5 N–H and O–H groups in total. The summed E-state index contributed by atoms with van der Waals surface area (Å²) in [5, 5.41) is 13.5. The number of amides is 2. The van der Waals surface area contributed by atoms with Gasteiger partial charge in [-0.05, 0) is 5.92 Å². The van der Waals surface area contributed by atoms with Crippen molar-refractivity contribution in [3.63, 3.8) is 0 Å². The predicted molar refractivity (Wildman–Crippen MR) is 51.9 cm³/mol. The van der Waals surface area contributed by atoms with Crippen molar-refractivity contribution < 1.29 is 14.7 Å². The summed E-state index contributed by atoms with van der Waals surface area (Å²) in [4.78, 5) is 21.8. The molecule has 1 atom stereocenters.